The number of carbonyl (C=O) groups excluding carboxylic acids is 1. The summed E-state index contributed by atoms with van der Waals surface area (Å²) in [4.78, 5) is 27.7. The largest absolute Gasteiger partial charge is 0.333 e. The van der Waals surface area contributed by atoms with Crippen molar-refractivity contribution in [2.24, 2.45) is 5.92 Å². The topological polar surface area (TPSA) is 74.6 Å². The highest BCUT2D eigenvalue weighted by Gasteiger charge is 2.42. The smallest absolute Gasteiger partial charge is 0.324 e. The van der Waals surface area contributed by atoms with Crippen LogP contribution in [0.15, 0.2) is 0 Å². The number of rotatable bonds is 6. The molecule has 0 aliphatic carbocycles. The maximum Gasteiger partial charge on any atom is 0.333 e. The van der Waals surface area contributed by atoms with E-state index in [9.17, 15) is 18.1 Å². The van der Waals surface area contributed by atoms with Crippen molar-refractivity contribution in [2.75, 3.05) is 6.16 Å². The van der Waals surface area contributed by atoms with Crippen LogP contribution in [0.3, 0.4) is 0 Å². The van der Waals surface area contributed by atoms with Crippen molar-refractivity contribution < 1.29 is 27.9 Å². The minimum Gasteiger partial charge on any atom is -0.324 e. The molecular formula is C8H15F2O4P. The molecule has 0 spiro atoms. The molecule has 0 bridgehead atoms. The first kappa shape index (κ1) is 14.7. The quantitative estimate of drug-likeness (QED) is 0.698. The molecule has 0 heterocycles. The van der Waals surface area contributed by atoms with Crippen molar-refractivity contribution in [3.63, 3.8) is 0 Å². The van der Waals surface area contributed by atoms with E-state index in [4.69, 9.17) is 9.79 Å². The van der Waals surface area contributed by atoms with Gasteiger partial charge in [-0.2, -0.15) is 8.78 Å². The summed E-state index contributed by atoms with van der Waals surface area (Å²) in [6.07, 6.45) is -1.57. The van der Waals surface area contributed by atoms with Crippen molar-refractivity contribution >= 4 is 13.4 Å². The molecule has 0 aromatic rings. The highest BCUT2D eigenvalue weighted by Crippen LogP contribution is 2.38. The molecule has 0 amide bonds. The van der Waals surface area contributed by atoms with Gasteiger partial charge in [-0.15, -0.1) is 0 Å². The Balaban J connectivity index is 4.46. The zero-order valence-electron chi connectivity index (χ0n) is 8.61. The number of Topliss-reactive ketones (excluding diaryl/α,β-unsaturated/α-hetero) is 1. The van der Waals surface area contributed by atoms with Crippen LogP contribution < -0.4 is 0 Å². The minimum absolute atomic E-state index is 0.360. The first-order valence-corrected chi connectivity index (χ1v) is 6.34. The maximum absolute atomic E-state index is 13.1. The third-order valence-electron chi connectivity index (χ3n) is 2.06. The van der Waals surface area contributed by atoms with Gasteiger partial charge in [-0.1, -0.05) is 20.3 Å². The van der Waals surface area contributed by atoms with Crippen LogP contribution in [0.4, 0.5) is 8.78 Å². The maximum atomic E-state index is 13.1. The van der Waals surface area contributed by atoms with Gasteiger partial charge in [0.1, 0.15) is 6.16 Å². The molecular weight excluding hydrogens is 229 g/mol. The summed E-state index contributed by atoms with van der Waals surface area (Å²) >= 11 is 0. The van der Waals surface area contributed by atoms with E-state index in [-0.39, 0.29) is 5.92 Å². The van der Waals surface area contributed by atoms with Crippen LogP contribution >= 0.6 is 7.60 Å². The van der Waals surface area contributed by atoms with Gasteiger partial charge < -0.3 is 9.79 Å². The molecule has 0 saturated heterocycles. The van der Waals surface area contributed by atoms with Crippen molar-refractivity contribution in [3.8, 4) is 0 Å². The summed E-state index contributed by atoms with van der Waals surface area (Å²) < 4.78 is 36.6. The average Bonchev–Trinajstić information content (AvgIpc) is 2.00. The molecule has 0 aliphatic heterocycles. The van der Waals surface area contributed by atoms with E-state index in [1.807, 2.05) is 0 Å². The van der Waals surface area contributed by atoms with E-state index in [0.29, 0.717) is 6.42 Å². The van der Waals surface area contributed by atoms with E-state index in [1.54, 1.807) is 13.8 Å². The van der Waals surface area contributed by atoms with Crippen LogP contribution in [0.5, 0.6) is 0 Å². The molecule has 0 aromatic heterocycles. The van der Waals surface area contributed by atoms with Gasteiger partial charge in [0.05, 0.1) is 0 Å². The monoisotopic (exact) mass is 244 g/mol. The van der Waals surface area contributed by atoms with Crippen molar-refractivity contribution in [3.05, 3.63) is 0 Å². The van der Waals surface area contributed by atoms with Gasteiger partial charge >= 0.3 is 13.5 Å². The fraction of sp³-hybridized carbons (Fsp3) is 0.875. The van der Waals surface area contributed by atoms with Crippen molar-refractivity contribution in [1.82, 2.24) is 0 Å². The first-order valence-electron chi connectivity index (χ1n) is 4.54. The number of carbonyl (C=O) groups is 1. The lowest BCUT2D eigenvalue weighted by Crippen LogP contribution is -2.33. The second-order valence-corrected chi connectivity index (χ2v) is 5.31. The van der Waals surface area contributed by atoms with Crippen LogP contribution in [-0.2, 0) is 9.36 Å². The van der Waals surface area contributed by atoms with E-state index in [0.717, 1.165) is 0 Å². The lowest BCUT2D eigenvalue weighted by molar-refractivity contribution is -0.142. The van der Waals surface area contributed by atoms with Gasteiger partial charge in [0.15, 0.2) is 0 Å². The second kappa shape index (κ2) is 5.14. The van der Waals surface area contributed by atoms with Crippen LogP contribution in [0, 0.1) is 5.92 Å². The summed E-state index contributed by atoms with van der Waals surface area (Å²) in [5.74, 6) is -5.69. The van der Waals surface area contributed by atoms with Crippen LogP contribution in [0.2, 0.25) is 0 Å². The van der Waals surface area contributed by atoms with Gasteiger partial charge in [0.25, 0.3) is 0 Å². The molecule has 4 nitrogen and oxygen atoms in total. The van der Waals surface area contributed by atoms with Crippen molar-refractivity contribution in [2.45, 2.75) is 32.6 Å². The Hall–Kier alpha value is -0.320. The molecule has 0 aromatic carbocycles. The van der Waals surface area contributed by atoms with Gasteiger partial charge in [-0.05, 0) is 5.92 Å². The highest BCUT2D eigenvalue weighted by atomic mass is 31.2. The normalized spacial score (nSPS) is 15.1. The number of hydrogen-bond acceptors (Lipinski definition) is 2. The van der Waals surface area contributed by atoms with E-state index in [2.05, 4.69) is 0 Å². The Morgan fingerprint density at radius 3 is 2.27 bits per heavy atom. The Bertz CT molecular complexity index is 274. The van der Waals surface area contributed by atoms with E-state index < -0.39 is 31.9 Å². The Morgan fingerprint density at radius 1 is 1.47 bits per heavy atom. The van der Waals surface area contributed by atoms with Crippen LogP contribution in [-0.4, -0.2) is 27.7 Å². The molecule has 0 saturated carbocycles. The Kier molecular flexibility index (Phi) is 5.03. The van der Waals surface area contributed by atoms with E-state index >= 15 is 0 Å². The third kappa shape index (κ3) is 5.97. The number of hydrogen-bond donors (Lipinski definition) is 2. The predicted molar refractivity (Wildman–Crippen MR) is 50.9 cm³/mol. The lowest BCUT2D eigenvalue weighted by Gasteiger charge is -2.18. The molecule has 1 atom stereocenters. The molecule has 2 N–H and O–H groups in total. The fourth-order valence-corrected chi connectivity index (χ4v) is 1.60. The molecule has 0 rings (SSSR count). The molecule has 90 valence electrons. The standard InChI is InChI=1S/C8H15F2O4P/c1-3-6(2)4-8(9,10)7(11)5-15(12,13)14/h6H,3-5H2,1-2H3,(H2,12,13,14)/t6-/m0/s1. The third-order valence-corrected chi connectivity index (χ3v) is 2.76. The average molecular weight is 244 g/mol. The Labute approximate surface area is 86.8 Å². The molecule has 0 radical (unpaired) electrons. The highest BCUT2D eigenvalue weighted by molar-refractivity contribution is 7.52. The zero-order valence-corrected chi connectivity index (χ0v) is 9.51. The molecule has 7 heteroatoms. The Morgan fingerprint density at radius 2 is 1.93 bits per heavy atom. The molecule has 0 fully saturated rings. The number of halogens is 2. The SMILES string of the molecule is CC[C@H](C)CC(F)(F)C(=O)CP(=O)(O)O. The minimum atomic E-state index is -4.70. The fourth-order valence-electron chi connectivity index (χ4n) is 0.999. The van der Waals surface area contributed by atoms with Gasteiger partial charge in [-0.3, -0.25) is 9.36 Å². The predicted octanol–water partition coefficient (Wildman–Crippen LogP) is 1.80. The zero-order chi connectivity index (χ0) is 12.3. The second-order valence-electron chi connectivity index (χ2n) is 3.67. The number of ketones is 1. The summed E-state index contributed by atoms with van der Waals surface area (Å²) in [7, 11) is -4.70. The molecule has 0 aliphatic rings. The summed E-state index contributed by atoms with van der Waals surface area (Å²) in [5.41, 5.74) is 0. The van der Waals surface area contributed by atoms with Crippen LogP contribution in [0.25, 0.3) is 0 Å². The number of alkyl halides is 2. The summed E-state index contributed by atoms with van der Waals surface area (Å²) in [6.45, 7) is 3.26. The summed E-state index contributed by atoms with van der Waals surface area (Å²) in [6, 6.07) is 0. The van der Waals surface area contributed by atoms with Gasteiger partial charge in [0.2, 0.25) is 5.78 Å². The lowest BCUT2D eigenvalue weighted by atomic mass is 9.98. The van der Waals surface area contributed by atoms with E-state index in [1.165, 1.54) is 0 Å². The molecule has 15 heavy (non-hydrogen) atoms. The van der Waals surface area contributed by atoms with Gasteiger partial charge in [0, 0.05) is 6.42 Å². The van der Waals surface area contributed by atoms with Crippen molar-refractivity contribution in [1.29, 1.82) is 0 Å². The summed E-state index contributed by atoms with van der Waals surface area (Å²) in [5, 5.41) is 0. The first-order chi connectivity index (χ1) is 6.58. The molecule has 0 unspecified atom stereocenters. The van der Waals surface area contributed by atoms with Gasteiger partial charge in [-0.25, -0.2) is 0 Å². The van der Waals surface area contributed by atoms with Crippen LogP contribution in [0.1, 0.15) is 26.7 Å².